The standard InChI is InChI=1S/C24H16BrN3O2/c1-14-6-2-5-9-21(14)28-22(26-19-8-4-3-7-16(19)24(28)30)13-18-17-12-15(25)10-11-20(17)27-23(18)29/h2-13H,1H3,(H,27,29)/b18-13-. The summed E-state index contributed by atoms with van der Waals surface area (Å²) >= 11 is 3.47. The van der Waals surface area contributed by atoms with Gasteiger partial charge in [-0.1, -0.05) is 46.3 Å². The number of anilines is 1. The number of hydrogen-bond donors (Lipinski definition) is 1. The molecule has 0 fully saturated rings. The van der Waals surface area contributed by atoms with Crippen molar-refractivity contribution in [1.82, 2.24) is 9.55 Å². The van der Waals surface area contributed by atoms with Crippen molar-refractivity contribution >= 4 is 50.1 Å². The van der Waals surface area contributed by atoms with Crippen LogP contribution in [0.15, 0.2) is 76.0 Å². The summed E-state index contributed by atoms with van der Waals surface area (Å²) < 4.78 is 2.44. The average Bonchev–Trinajstić information content (AvgIpc) is 3.04. The van der Waals surface area contributed by atoms with Gasteiger partial charge in [0.15, 0.2) is 0 Å². The molecule has 2 heterocycles. The Morgan fingerprint density at radius 3 is 2.60 bits per heavy atom. The minimum atomic E-state index is -0.221. The Morgan fingerprint density at radius 2 is 1.77 bits per heavy atom. The second-order valence-electron chi connectivity index (χ2n) is 7.12. The first-order valence-electron chi connectivity index (χ1n) is 9.44. The maximum Gasteiger partial charge on any atom is 0.266 e. The summed E-state index contributed by atoms with van der Waals surface area (Å²) in [4.78, 5) is 30.9. The predicted molar refractivity (Wildman–Crippen MR) is 123 cm³/mol. The van der Waals surface area contributed by atoms with E-state index in [1.165, 1.54) is 0 Å². The topological polar surface area (TPSA) is 64.0 Å². The highest BCUT2D eigenvalue weighted by molar-refractivity contribution is 9.10. The zero-order valence-electron chi connectivity index (χ0n) is 16.0. The van der Waals surface area contributed by atoms with Gasteiger partial charge < -0.3 is 5.32 Å². The van der Waals surface area contributed by atoms with Gasteiger partial charge in [0.1, 0.15) is 5.82 Å². The zero-order valence-corrected chi connectivity index (χ0v) is 17.6. The molecule has 0 saturated carbocycles. The van der Waals surface area contributed by atoms with E-state index in [1.54, 1.807) is 22.8 Å². The van der Waals surface area contributed by atoms with Crippen LogP contribution in [0, 0.1) is 6.92 Å². The molecule has 4 aromatic rings. The van der Waals surface area contributed by atoms with Crippen molar-refractivity contribution in [2.24, 2.45) is 0 Å². The summed E-state index contributed by atoms with van der Waals surface area (Å²) in [6, 6.07) is 20.5. The molecule has 0 saturated heterocycles. The van der Waals surface area contributed by atoms with Gasteiger partial charge in [-0.15, -0.1) is 0 Å². The Labute approximate surface area is 180 Å². The van der Waals surface area contributed by atoms with Gasteiger partial charge in [-0.2, -0.15) is 0 Å². The van der Waals surface area contributed by atoms with E-state index in [4.69, 9.17) is 4.98 Å². The van der Waals surface area contributed by atoms with Gasteiger partial charge in [0.05, 0.1) is 22.2 Å². The van der Waals surface area contributed by atoms with Crippen LogP contribution in [0.5, 0.6) is 0 Å². The van der Waals surface area contributed by atoms with E-state index >= 15 is 0 Å². The summed E-state index contributed by atoms with van der Waals surface area (Å²) in [5.74, 6) is 0.188. The lowest BCUT2D eigenvalue weighted by Gasteiger charge is -2.14. The van der Waals surface area contributed by atoms with Crippen molar-refractivity contribution in [1.29, 1.82) is 0 Å². The van der Waals surface area contributed by atoms with E-state index < -0.39 is 0 Å². The molecule has 1 amide bonds. The van der Waals surface area contributed by atoms with Crippen LogP contribution in [0.2, 0.25) is 0 Å². The lowest BCUT2D eigenvalue weighted by Crippen LogP contribution is -2.23. The number of carbonyl (C=O) groups is 1. The van der Waals surface area contributed by atoms with Crippen LogP contribution >= 0.6 is 15.9 Å². The fraction of sp³-hybridized carbons (Fsp3) is 0.0417. The number of fused-ring (bicyclic) bond motifs is 2. The Bertz CT molecular complexity index is 1440. The predicted octanol–water partition coefficient (Wildman–Crippen LogP) is 4.95. The van der Waals surface area contributed by atoms with Gasteiger partial charge in [0, 0.05) is 15.7 Å². The molecular formula is C24H16BrN3O2. The number of aromatic nitrogens is 2. The van der Waals surface area contributed by atoms with Gasteiger partial charge in [0.25, 0.3) is 11.5 Å². The van der Waals surface area contributed by atoms with E-state index in [1.807, 2.05) is 61.5 Å². The van der Waals surface area contributed by atoms with Gasteiger partial charge in [-0.05, 0) is 55.0 Å². The van der Waals surface area contributed by atoms with Crippen molar-refractivity contribution in [3.05, 3.63) is 98.5 Å². The molecule has 0 bridgehead atoms. The molecule has 146 valence electrons. The fourth-order valence-electron chi connectivity index (χ4n) is 3.73. The molecule has 1 N–H and O–H groups in total. The Hall–Kier alpha value is -3.51. The Morgan fingerprint density at radius 1 is 1.00 bits per heavy atom. The summed E-state index contributed by atoms with van der Waals surface area (Å²) in [7, 11) is 0. The molecule has 0 unspecified atom stereocenters. The third-order valence-electron chi connectivity index (χ3n) is 5.20. The zero-order chi connectivity index (χ0) is 20.8. The first-order chi connectivity index (χ1) is 14.5. The van der Waals surface area contributed by atoms with E-state index in [2.05, 4.69) is 21.2 Å². The van der Waals surface area contributed by atoms with Crippen molar-refractivity contribution in [3.63, 3.8) is 0 Å². The number of halogens is 1. The summed E-state index contributed by atoms with van der Waals surface area (Å²) in [6.45, 7) is 1.95. The second-order valence-corrected chi connectivity index (χ2v) is 8.03. The average molecular weight is 458 g/mol. The van der Waals surface area contributed by atoms with Gasteiger partial charge >= 0.3 is 0 Å². The molecule has 1 aromatic heterocycles. The van der Waals surface area contributed by atoms with E-state index in [0.717, 1.165) is 27.0 Å². The number of para-hydroxylation sites is 2. The highest BCUT2D eigenvalue weighted by atomic mass is 79.9. The molecule has 0 spiro atoms. The minimum absolute atomic E-state index is 0.172. The molecule has 3 aromatic carbocycles. The normalized spacial score (nSPS) is 14.2. The summed E-state index contributed by atoms with van der Waals surface area (Å²) in [6.07, 6.45) is 1.69. The maximum absolute atomic E-state index is 13.4. The number of amides is 1. The first-order valence-corrected chi connectivity index (χ1v) is 10.2. The minimum Gasteiger partial charge on any atom is -0.321 e. The van der Waals surface area contributed by atoms with Gasteiger partial charge in [-0.3, -0.25) is 14.2 Å². The SMILES string of the molecule is Cc1ccccc1-n1c(/C=C2\C(=O)Nc3ccc(Br)cc32)nc2ccccc2c1=O. The van der Waals surface area contributed by atoms with E-state index in [9.17, 15) is 9.59 Å². The van der Waals surface area contributed by atoms with Crippen LogP contribution in [0.25, 0.3) is 28.2 Å². The molecular weight excluding hydrogens is 442 g/mol. The first kappa shape index (κ1) is 18.5. The number of rotatable bonds is 2. The van der Waals surface area contributed by atoms with Crippen LogP contribution in [-0.4, -0.2) is 15.5 Å². The molecule has 1 aliphatic heterocycles. The molecule has 6 heteroatoms. The smallest absolute Gasteiger partial charge is 0.266 e. The lowest BCUT2D eigenvalue weighted by atomic mass is 10.1. The van der Waals surface area contributed by atoms with Crippen LogP contribution < -0.4 is 10.9 Å². The molecule has 0 radical (unpaired) electrons. The third-order valence-corrected chi connectivity index (χ3v) is 5.69. The van der Waals surface area contributed by atoms with Crippen LogP contribution in [0.4, 0.5) is 5.69 Å². The van der Waals surface area contributed by atoms with E-state index in [0.29, 0.717) is 22.3 Å². The second kappa shape index (κ2) is 7.07. The van der Waals surface area contributed by atoms with Crippen molar-refractivity contribution in [2.45, 2.75) is 6.92 Å². The number of hydrogen-bond acceptors (Lipinski definition) is 3. The lowest BCUT2D eigenvalue weighted by molar-refractivity contribution is -0.110. The van der Waals surface area contributed by atoms with Crippen molar-refractivity contribution < 1.29 is 4.79 Å². The van der Waals surface area contributed by atoms with Crippen LogP contribution in [-0.2, 0) is 4.79 Å². The number of nitrogens with one attached hydrogen (secondary N) is 1. The molecule has 30 heavy (non-hydrogen) atoms. The van der Waals surface area contributed by atoms with E-state index in [-0.39, 0.29) is 11.5 Å². The number of nitrogens with zero attached hydrogens (tertiary/aromatic N) is 2. The molecule has 1 aliphatic rings. The highest BCUT2D eigenvalue weighted by Gasteiger charge is 2.25. The monoisotopic (exact) mass is 457 g/mol. The van der Waals surface area contributed by atoms with Crippen molar-refractivity contribution in [2.75, 3.05) is 5.32 Å². The van der Waals surface area contributed by atoms with Crippen LogP contribution in [0.3, 0.4) is 0 Å². The highest BCUT2D eigenvalue weighted by Crippen LogP contribution is 2.35. The Balaban J connectivity index is 1.84. The Kier molecular flexibility index (Phi) is 4.37. The van der Waals surface area contributed by atoms with Crippen LogP contribution in [0.1, 0.15) is 17.0 Å². The molecule has 0 atom stereocenters. The van der Waals surface area contributed by atoms with Gasteiger partial charge in [0.2, 0.25) is 0 Å². The molecule has 5 rings (SSSR count). The molecule has 0 aliphatic carbocycles. The largest absolute Gasteiger partial charge is 0.321 e. The quantitative estimate of drug-likeness (QED) is 0.433. The van der Waals surface area contributed by atoms with Crippen molar-refractivity contribution in [3.8, 4) is 5.69 Å². The number of carbonyl (C=O) groups excluding carboxylic acids is 1. The third kappa shape index (κ3) is 2.97. The summed E-state index contributed by atoms with van der Waals surface area (Å²) in [5, 5.41) is 3.40. The maximum atomic E-state index is 13.4. The van der Waals surface area contributed by atoms with Gasteiger partial charge in [-0.25, -0.2) is 4.98 Å². The number of aryl methyl sites for hydroxylation is 1. The fourth-order valence-corrected chi connectivity index (χ4v) is 4.09. The number of benzene rings is 3. The summed E-state index contributed by atoms with van der Waals surface area (Å²) in [5.41, 5.74) is 4.07. The molecule has 5 nitrogen and oxygen atoms in total.